The number of hydrogen-bond acceptors (Lipinski definition) is 1. The average molecular weight is 393 g/mol. The topological polar surface area (TPSA) is 17.1 Å². The van der Waals surface area contributed by atoms with Gasteiger partial charge in [-0.3, -0.25) is 4.79 Å². The smallest absolute Gasteiger partial charge is 0.136 e. The molecule has 0 amide bonds. The van der Waals surface area contributed by atoms with Crippen molar-refractivity contribution < 1.29 is 6.22 Å². The molecule has 0 heterocycles. The predicted molar refractivity (Wildman–Crippen MR) is 129 cm³/mol. The molecule has 1 heteroatoms. The van der Waals surface area contributed by atoms with Gasteiger partial charge >= 0.3 is 0 Å². The standard InChI is InChI=1S/C25H30O.C3H8.H2/c1-17-6-5-7-21(15-17)8-13-25(26)23-11-9-22(10-12-23)24-16-18(2)14-19(3)20(24)4;1-3-2;/h5-7,14-16,22-23H,3-4,8-13H2,1-2H3;3H2,1-2H3;1H. The molecule has 0 aromatic heterocycles. The maximum absolute atomic E-state index is 12.7. The van der Waals surface area contributed by atoms with E-state index >= 15 is 0 Å². The van der Waals surface area contributed by atoms with Gasteiger partial charge in [-0.25, -0.2) is 0 Å². The van der Waals surface area contributed by atoms with Crippen LogP contribution < -0.4 is 10.4 Å². The van der Waals surface area contributed by atoms with E-state index < -0.39 is 0 Å². The summed E-state index contributed by atoms with van der Waals surface area (Å²) in [5.41, 5.74) is 5.15. The molecular weight excluding hydrogens is 352 g/mol. The normalized spacial score (nSPS) is 18.6. The lowest BCUT2D eigenvalue weighted by atomic mass is 9.76. The largest absolute Gasteiger partial charge is 0.299 e. The number of rotatable bonds is 5. The number of carbonyl (C=O) groups is 1. The predicted octanol–water partition coefficient (Wildman–Crippen LogP) is 6.26. The number of aryl methyl sites for hydroxylation is 3. The van der Waals surface area contributed by atoms with E-state index in [1.165, 1.54) is 28.7 Å². The molecule has 29 heavy (non-hydrogen) atoms. The highest BCUT2D eigenvalue weighted by Gasteiger charge is 2.27. The zero-order chi connectivity index (χ0) is 21.4. The number of hydrogen-bond donors (Lipinski definition) is 0. The molecule has 0 spiro atoms. The first-order valence-corrected chi connectivity index (χ1v) is 11.2. The molecule has 0 saturated heterocycles. The van der Waals surface area contributed by atoms with Gasteiger partial charge in [-0.1, -0.05) is 81.0 Å². The van der Waals surface area contributed by atoms with Gasteiger partial charge in [0.2, 0.25) is 0 Å². The minimum Gasteiger partial charge on any atom is -0.299 e. The van der Waals surface area contributed by atoms with E-state index in [9.17, 15) is 4.79 Å². The summed E-state index contributed by atoms with van der Waals surface area (Å²) in [6, 6.07) is 12.9. The monoisotopic (exact) mass is 392 g/mol. The Balaban J connectivity index is 0.00000106. The van der Waals surface area contributed by atoms with Crippen molar-refractivity contribution >= 4 is 18.9 Å². The first-order chi connectivity index (χ1) is 13.8. The molecule has 0 bridgehead atoms. The van der Waals surface area contributed by atoms with Crippen LogP contribution in [-0.2, 0) is 11.2 Å². The van der Waals surface area contributed by atoms with Crippen molar-refractivity contribution in [3.8, 4) is 0 Å². The molecular formula is C28H40O. The number of Topliss-reactive ketones (excluding diaryl/α,β-unsaturated/α-hetero) is 1. The zero-order valence-electron chi connectivity index (χ0n) is 18.9. The van der Waals surface area contributed by atoms with Crippen LogP contribution in [0.5, 0.6) is 0 Å². The van der Waals surface area contributed by atoms with E-state index in [4.69, 9.17) is 0 Å². The van der Waals surface area contributed by atoms with Crippen molar-refractivity contribution in [2.45, 2.75) is 78.6 Å². The summed E-state index contributed by atoms with van der Waals surface area (Å²) in [5.74, 6) is 1.22. The Morgan fingerprint density at radius 2 is 1.66 bits per heavy atom. The lowest BCUT2D eigenvalue weighted by Crippen LogP contribution is -2.30. The molecule has 2 aromatic carbocycles. The van der Waals surface area contributed by atoms with Gasteiger partial charge in [0, 0.05) is 13.8 Å². The van der Waals surface area contributed by atoms with Crippen molar-refractivity contribution in [2.75, 3.05) is 0 Å². The Kier molecular flexibility index (Phi) is 8.89. The first-order valence-electron chi connectivity index (χ1n) is 11.2. The van der Waals surface area contributed by atoms with Crippen LogP contribution in [0, 0.1) is 19.8 Å². The van der Waals surface area contributed by atoms with Crippen LogP contribution in [0.4, 0.5) is 0 Å². The van der Waals surface area contributed by atoms with E-state index in [0.717, 1.165) is 42.5 Å². The SMILES string of the molecule is C=c1cc(C)cc(C2CCC(C(=O)CCc3cccc(C)c3)CC2)c1=C.CCC.[HH]. The van der Waals surface area contributed by atoms with Crippen molar-refractivity contribution in [1.29, 1.82) is 0 Å². The third-order valence-corrected chi connectivity index (χ3v) is 5.89. The first kappa shape index (κ1) is 23.1. The van der Waals surface area contributed by atoms with Crippen molar-refractivity contribution in [1.82, 2.24) is 0 Å². The highest BCUT2D eigenvalue weighted by Crippen LogP contribution is 2.35. The quantitative estimate of drug-likeness (QED) is 0.587. The Labute approximate surface area is 179 Å². The van der Waals surface area contributed by atoms with Crippen LogP contribution in [0.25, 0.3) is 13.2 Å². The third kappa shape index (κ3) is 6.70. The lowest BCUT2D eigenvalue weighted by Gasteiger charge is -2.28. The highest BCUT2D eigenvalue weighted by molar-refractivity contribution is 5.81. The maximum atomic E-state index is 12.7. The summed E-state index contributed by atoms with van der Waals surface area (Å²) in [6.45, 7) is 16.8. The fourth-order valence-electron chi connectivity index (χ4n) is 4.35. The van der Waals surface area contributed by atoms with E-state index in [2.05, 4.69) is 77.3 Å². The Morgan fingerprint density at radius 1 is 1.00 bits per heavy atom. The minimum atomic E-state index is 0. The zero-order valence-corrected chi connectivity index (χ0v) is 18.9. The molecule has 0 radical (unpaired) electrons. The van der Waals surface area contributed by atoms with Crippen LogP contribution in [-0.4, -0.2) is 5.78 Å². The maximum Gasteiger partial charge on any atom is 0.136 e. The van der Waals surface area contributed by atoms with Crippen LogP contribution in [0.3, 0.4) is 0 Å². The molecule has 0 aliphatic heterocycles. The van der Waals surface area contributed by atoms with Gasteiger partial charge in [0.05, 0.1) is 0 Å². The molecule has 3 rings (SSSR count). The minimum absolute atomic E-state index is 0. The van der Waals surface area contributed by atoms with Gasteiger partial charge in [0.15, 0.2) is 0 Å². The molecule has 0 unspecified atom stereocenters. The molecule has 2 aromatic rings. The fraction of sp³-hybridized carbons (Fsp3) is 0.464. The average Bonchev–Trinajstić information content (AvgIpc) is 2.70. The van der Waals surface area contributed by atoms with Crippen molar-refractivity contribution in [2.24, 2.45) is 5.92 Å². The van der Waals surface area contributed by atoms with E-state index in [1.54, 1.807) is 0 Å². The summed E-state index contributed by atoms with van der Waals surface area (Å²) in [4.78, 5) is 12.7. The van der Waals surface area contributed by atoms with Crippen LogP contribution in [0.1, 0.15) is 82.0 Å². The molecule has 1 fully saturated rings. The third-order valence-electron chi connectivity index (χ3n) is 5.89. The van der Waals surface area contributed by atoms with E-state index in [-0.39, 0.29) is 7.34 Å². The van der Waals surface area contributed by atoms with Gasteiger partial charge in [-0.15, -0.1) is 0 Å². The highest BCUT2D eigenvalue weighted by atomic mass is 16.1. The molecule has 1 aliphatic carbocycles. The Bertz CT molecular complexity index is 907. The second-order valence-corrected chi connectivity index (χ2v) is 8.70. The Morgan fingerprint density at radius 3 is 2.28 bits per heavy atom. The van der Waals surface area contributed by atoms with Gasteiger partial charge in [-0.2, -0.15) is 0 Å². The molecule has 0 N–H and O–H groups in total. The van der Waals surface area contributed by atoms with Crippen molar-refractivity contribution in [3.05, 3.63) is 69.1 Å². The van der Waals surface area contributed by atoms with E-state index in [0.29, 0.717) is 18.1 Å². The van der Waals surface area contributed by atoms with Gasteiger partial charge in [0.1, 0.15) is 5.78 Å². The number of benzene rings is 2. The molecule has 1 nitrogen and oxygen atoms in total. The van der Waals surface area contributed by atoms with E-state index in [1.807, 2.05) is 0 Å². The fourth-order valence-corrected chi connectivity index (χ4v) is 4.35. The molecule has 158 valence electrons. The van der Waals surface area contributed by atoms with Crippen LogP contribution >= 0.6 is 0 Å². The molecule has 1 saturated carbocycles. The number of ketones is 1. The van der Waals surface area contributed by atoms with Gasteiger partial charge in [-0.05, 0) is 73.4 Å². The second-order valence-electron chi connectivity index (χ2n) is 8.70. The molecule has 1 aliphatic rings. The van der Waals surface area contributed by atoms with Crippen molar-refractivity contribution in [3.63, 3.8) is 0 Å². The summed E-state index contributed by atoms with van der Waals surface area (Å²) in [7, 11) is 0. The second kappa shape index (κ2) is 11.1. The summed E-state index contributed by atoms with van der Waals surface area (Å²) < 4.78 is 0. The number of carbonyl (C=O) groups excluding carboxylic acids is 1. The van der Waals surface area contributed by atoms with Crippen LogP contribution in [0.2, 0.25) is 0 Å². The lowest BCUT2D eigenvalue weighted by molar-refractivity contribution is -0.123. The summed E-state index contributed by atoms with van der Waals surface area (Å²) in [6.07, 6.45) is 6.99. The van der Waals surface area contributed by atoms with Gasteiger partial charge < -0.3 is 0 Å². The van der Waals surface area contributed by atoms with Crippen LogP contribution in [0.15, 0.2) is 36.4 Å². The summed E-state index contributed by atoms with van der Waals surface area (Å²) >= 11 is 0. The summed E-state index contributed by atoms with van der Waals surface area (Å²) in [5, 5.41) is 2.13. The Hall–Kier alpha value is -2.15. The molecule has 0 atom stereocenters. The van der Waals surface area contributed by atoms with Gasteiger partial charge in [0.25, 0.3) is 0 Å².